The number of hydrogen-bond donors (Lipinski definition) is 2. The fraction of sp³-hybridized carbons (Fsp3) is 0.625. The number of hydrogen-bond acceptors (Lipinski definition) is 5. The standard InChI is InChI=1S/C16H26N2O3/c17-14-2-4-15(5-3-14)20-12-1-8-18-9-6-16(7-10-18)21-13-11-19/h2-5,16,19H,1,6-13,17H2. The van der Waals surface area contributed by atoms with Crippen molar-refractivity contribution in [3.05, 3.63) is 24.3 Å². The van der Waals surface area contributed by atoms with Crippen molar-refractivity contribution in [2.75, 3.05) is 45.2 Å². The summed E-state index contributed by atoms with van der Waals surface area (Å²) in [5.41, 5.74) is 6.39. The minimum absolute atomic E-state index is 0.114. The van der Waals surface area contributed by atoms with Crippen molar-refractivity contribution in [1.29, 1.82) is 0 Å². The maximum Gasteiger partial charge on any atom is 0.119 e. The molecule has 1 aliphatic rings. The van der Waals surface area contributed by atoms with Gasteiger partial charge < -0.3 is 25.2 Å². The molecular formula is C16H26N2O3. The Morgan fingerprint density at radius 3 is 2.52 bits per heavy atom. The predicted octanol–water partition coefficient (Wildman–Crippen LogP) is 1.51. The first kappa shape index (κ1) is 16.1. The molecule has 1 aliphatic heterocycles. The molecular weight excluding hydrogens is 268 g/mol. The van der Waals surface area contributed by atoms with Gasteiger partial charge in [0.2, 0.25) is 0 Å². The monoisotopic (exact) mass is 294 g/mol. The summed E-state index contributed by atoms with van der Waals surface area (Å²) in [5.74, 6) is 0.875. The van der Waals surface area contributed by atoms with E-state index in [1.165, 1.54) is 0 Å². The highest BCUT2D eigenvalue weighted by Crippen LogP contribution is 2.15. The van der Waals surface area contributed by atoms with Crippen LogP contribution >= 0.6 is 0 Å². The molecule has 0 atom stereocenters. The maximum atomic E-state index is 8.75. The quantitative estimate of drug-likeness (QED) is 0.562. The molecule has 1 heterocycles. The van der Waals surface area contributed by atoms with Gasteiger partial charge in [-0.2, -0.15) is 0 Å². The van der Waals surface area contributed by atoms with Gasteiger partial charge >= 0.3 is 0 Å². The zero-order chi connectivity index (χ0) is 14.9. The van der Waals surface area contributed by atoms with Crippen molar-refractivity contribution in [1.82, 2.24) is 4.90 Å². The number of benzene rings is 1. The fourth-order valence-corrected chi connectivity index (χ4v) is 2.56. The van der Waals surface area contributed by atoms with E-state index >= 15 is 0 Å². The first-order chi connectivity index (χ1) is 10.3. The van der Waals surface area contributed by atoms with Crippen molar-refractivity contribution < 1.29 is 14.6 Å². The Bertz CT molecular complexity index is 389. The van der Waals surface area contributed by atoms with Crippen LogP contribution in [0.2, 0.25) is 0 Å². The smallest absolute Gasteiger partial charge is 0.119 e. The van der Waals surface area contributed by atoms with E-state index in [9.17, 15) is 0 Å². The van der Waals surface area contributed by atoms with Crippen LogP contribution in [-0.4, -0.2) is 55.6 Å². The molecule has 5 heteroatoms. The lowest BCUT2D eigenvalue weighted by atomic mass is 10.1. The largest absolute Gasteiger partial charge is 0.494 e. The third-order valence-electron chi connectivity index (χ3n) is 3.75. The Morgan fingerprint density at radius 1 is 1.14 bits per heavy atom. The average molecular weight is 294 g/mol. The second-order valence-corrected chi connectivity index (χ2v) is 5.41. The minimum atomic E-state index is 0.114. The molecule has 1 aromatic carbocycles. The van der Waals surface area contributed by atoms with E-state index in [-0.39, 0.29) is 6.61 Å². The zero-order valence-electron chi connectivity index (χ0n) is 12.5. The van der Waals surface area contributed by atoms with Crippen molar-refractivity contribution in [2.24, 2.45) is 0 Å². The van der Waals surface area contributed by atoms with Crippen LogP contribution in [0.25, 0.3) is 0 Å². The van der Waals surface area contributed by atoms with Gasteiger partial charge in [-0.25, -0.2) is 0 Å². The first-order valence-corrected chi connectivity index (χ1v) is 7.71. The Kier molecular flexibility index (Phi) is 6.79. The third kappa shape index (κ3) is 5.91. The summed E-state index contributed by atoms with van der Waals surface area (Å²) < 4.78 is 11.3. The van der Waals surface area contributed by atoms with E-state index < -0.39 is 0 Å². The molecule has 0 radical (unpaired) electrons. The number of aliphatic hydroxyl groups excluding tert-OH is 1. The SMILES string of the molecule is Nc1ccc(OCCCN2CCC(OCCO)CC2)cc1. The summed E-state index contributed by atoms with van der Waals surface area (Å²) in [5, 5.41) is 8.75. The summed E-state index contributed by atoms with van der Waals surface area (Å²) in [6.07, 6.45) is 3.45. The average Bonchev–Trinajstić information content (AvgIpc) is 2.52. The number of aliphatic hydroxyl groups is 1. The molecule has 3 N–H and O–H groups in total. The molecule has 0 bridgehead atoms. The van der Waals surface area contributed by atoms with E-state index in [0.29, 0.717) is 12.7 Å². The van der Waals surface area contributed by atoms with E-state index in [2.05, 4.69) is 4.90 Å². The lowest BCUT2D eigenvalue weighted by Crippen LogP contribution is -2.38. The molecule has 0 amide bonds. The van der Waals surface area contributed by atoms with Gasteiger partial charge in [-0.15, -0.1) is 0 Å². The number of likely N-dealkylation sites (tertiary alicyclic amines) is 1. The van der Waals surface area contributed by atoms with E-state index in [1.807, 2.05) is 24.3 Å². The van der Waals surface area contributed by atoms with Gasteiger partial charge in [0.1, 0.15) is 5.75 Å². The molecule has 1 aromatic rings. The summed E-state index contributed by atoms with van der Waals surface area (Å²) in [6.45, 7) is 4.49. The normalized spacial score (nSPS) is 17.0. The van der Waals surface area contributed by atoms with Gasteiger partial charge in [0, 0.05) is 25.3 Å². The Labute approximate surface area is 126 Å². The van der Waals surface area contributed by atoms with E-state index in [4.69, 9.17) is 20.3 Å². The lowest BCUT2D eigenvalue weighted by molar-refractivity contribution is -0.00820. The number of anilines is 1. The van der Waals surface area contributed by atoms with Crippen LogP contribution in [0.15, 0.2) is 24.3 Å². The molecule has 0 unspecified atom stereocenters. The van der Waals surface area contributed by atoms with Crippen molar-refractivity contribution in [3.8, 4) is 5.75 Å². The van der Waals surface area contributed by atoms with Crippen molar-refractivity contribution in [3.63, 3.8) is 0 Å². The Morgan fingerprint density at radius 2 is 1.86 bits per heavy atom. The molecule has 5 nitrogen and oxygen atoms in total. The van der Waals surface area contributed by atoms with E-state index in [1.54, 1.807) is 0 Å². The Hall–Kier alpha value is -1.30. The topological polar surface area (TPSA) is 68.0 Å². The number of nitrogen functional groups attached to an aromatic ring is 1. The zero-order valence-corrected chi connectivity index (χ0v) is 12.5. The van der Waals surface area contributed by atoms with Gasteiger partial charge in [0.25, 0.3) is 0 Å². The summed E-state index contributed by atoms with van der Waals surface area (Å²) >= 11 is 0. The molecule has 21 heavy (non-hydrogen) atoms. The molecule has 1 saturated heterocycles. The molecule has 118 valence electrons. The van der Waals surface area contributed by atoms with Gasteiger partial charge in [-0.1, -0.05) is 0 Å². The second kappa shape index (κ2) is 8.87. The highest BCUT2D eigenvalue weighted by Gasteiger charge is 2.18. The van der Waals surface area contributed by atoms with Gasteiger partial charge in [-0.3, -0.25) is 0 Å². The minimum Gasteiger partial charge on any atom is -0.494 e. The highest BCUT2D eigenvalue weighted by molar-refractivity contribution is 5.41. The lowest BCUT2D eigenvalue weighted by Gasteiger charge is -2.31. The van der Waals surface area contributed by atoms with Gasteiger partial charge in [0.05, 0.1) is 25.9 Å². The van der Waals surface area contributed by atoms with Crippen LogP contribution in [0.1, 0.15) is 19.3 Å². The van der Waals surface area contributed by atoms with E-state index in [0.717, 1.165) is 56.9 Å². The van der Waals surface area contributed by atoms with Crippen LogP contribution in [0.5, 0.6) is 5.75 Å². The summed E-state index contributed by atoms with van der Waals surface area (Å²) in [6, 6.07) is 7.51. The number of nitrogens with two attached hydrogens (primary N) is 1. The molecule has 0 saturated carbocycles. The number of nitrogens with zero attached hydrogens (tertiary/aromatic N) is 1. The number of rotatable bonds is 8. The molecule has 2 rings (SSSR count). The van der Waals surface area contributed by atoms with Crippen LogP contribution < -0.4 is 10.5 Å². The third-order valence-corrected chi connectivity index (χ3v) is 3.75. The maximum absolute atomic E-state index is 8.75. The predicted molar refractivity (Wildman–Crippen MR) is 83.5 cm³/mol. The fourth-order valence-electron chi connectivity index (χ4n) is 2.56. The highest BCUT2D eigenvalue weighted by atomic mass is 16.5. The first-order valence-electron chi connectivity index (χ1n) is 7.71. The van der Waals surface area contributed by atoms with Crippen molar-refractivity contribution in [2.45, 2.75) is 25.4 Å². The molecule has 0 spiro atoms. The van der Waals surface area contributed by atoms with Gasteiger partial charge in [0.15, 0.2) is 0 Å². The van der Waals surface area contributed by atoms with Crippen LogP contribution in [0.4, 0.5) is 5.69 Å². The van der Waals surface area contributed by atoms with Crippen LogP contribution in [0, 0.1) is 0 Å². The number of piperidine rings is 1. The van der Waals surface area contributed by atoms with Gasteiger partial charge in [-0.05, 0) is 43.5 Å². The Balaban J connectivity index is 1.54. The second-order valence-electron chi connectivity index (χ2n) is 5.41. The molecule has 1 fully saturated rings. The summed E-state index contributed by atoms with van der Waals surface area (Å²) in [7, 11) is 0. The van der Waals surface area contributed by atoms with Crippen molar-refractivity contribution >= 4 is 5.69 Å². The summed E-state index contributed by atoms with van der Waals surface area (Å²) in [4.78, 5) is 2.45. The molecule has 0 aliphatic carbocycles. The van der Waals surface area contributed by atoms with Crippen LogP contribution in [0.3, 0.4) is 0 Å². The number of ether oxygens (including phenoxy) is 2. The molecule has 0 aromatic heterocycles. The van der Waals surface area contributed by atoms with Crippen LogP contribution in [-0.2, 0) is 4.74 Å².